The molecule has 1 aromatic heterocycles. The molecule has 0 unspecified atom stereocenters. The Bertz CT molecular complexity index is 519. The first-order valence-corrected chi connectivity index (χ1v) is 9.80. The second kappa shape index (κ2) is 7.99. The number of carbonyl (C=O) groups is 1. The van der Waals surface area contributed by atoms with Gasteiger partial charge in [0.05, 0.1) is 0 Å². The van der Waals surface area contributed by atoms with Gasteiger partial charge in [-0.15, -0.1) is 11.3 Å². The van der Waals surface area contributed by atoms with Crippen LogP contribution in [-0.2, 0) is 11.3 Å². The third kappa shape index (κ3) is 6.08. The van der Waals surface area contributed by atoms with E-state index in [0.717, 1.165) is 39.0 Å². The molecule has 1 aliphatic heterocycles. The summed E-state index contributed by atoms with van der Waals surface area (Å²) in [5, 5.41) is 2.13. The van der Waals surface area contributed by atoms with E-state index in [1.807, 2.05) is 27.8 Å². The van der Waals surface area contributed by atoms with Crippen LogP contribution >= 0.6 is 27.3 Å². The number of rotatable bonds is 4. The lowest BCUT2D eigenvalue weighted by Gasteiger charge is -2.34. The predicted molar refractivity (Wildman–Crippen MR) is 98.9 cm³/mol. The fourth-order valence-corrected chi connectivity index (χ4v) is 4.29. The Morgan fingerprint density at radius 1 is 1.43 bits per heavy atom. The van der Waals surface area contributed by atoms with E-state index in [1.54, 1.807) is 16.2 Å². The van der Waals surface area contributed by atoms with Gasteiger partial charge in [0.25, 0.3) is 0 Å². The molecule has 1 amide bonds. The van der Waals surface area contributed by atoms with E-state index in [0.29, 0.717) is 5.92 Å². The average molecular weight is 403 g/mol. The van der Waals surface area contributed by atoms with E-state index in [2.05, 4.69) is 32.3 Å². The maximum Gasteiger partial charge on any atom is 0.410 e. The largest absolute Gasteiger partial charge is 0.444 e. The third-order valence-electron chi connectivity index (χ3n) is 4.00. The Hall–Kier alpha value is -0.590. The highest BCUT2D eigenvalue weighted by Gasteiger charge is 2.25. The van der Waals surface area contributed by atoms with Crippen molar-refractivity contribution in [3.63, 3.8) is 0 Å². The number of ether oxygens (including phenoxy) is 1. The fraction of sp³-hybridized carbons (Fsp3) is 0.706. The molecule has 6 heteroatoms. The van der Waals surface area contributed by atoms with Crippen LogP contribution in [0, 0.1) is 5.92 Å². The van der Waals surface area contributed by atoms with Crippen molar-refractivity contribution in [3.05, 3.63) is 20.8 Å². The van der Waals surface area contributed by atoms with Gasteiger partial charge in [0.15, 0.2) is 0 Å². The number of hydrogen-bond acceptors (Lipinski definition) is 4. The maximum atomic E-state index is 12.0. The Labute approximate surface area is 151 Å². The number of hydrogen-bond donors (Lipinski definition) is 0. The van der Waals surface area contributed by atoms with Crippen molar-refractivity contribution < 1.29 is 9.53 Å². The lowest BCUT2D eigenvalue weighted by Crippen LogP contribution is -2.40. The van der Waals surface area contributed by atoms with E-state index in [9.17, 15) is 4.79 Å². The van der Waals surface area contributed by atoms with Gasteiger partial charge in [0.2, 0.25) is 0 Å². The number of nitrogens with zero attached hydrogens (tertiary/aromatic N) is 2. The third-order valence-corrected chi connectivity index (χ3v) is 5.91. The minimum atomic E-state index is -0.428. The highest BCUT2D eigenvalue weighted by molar-refractivity contribution is 9.10. The van der Waals surface area contributed by atoms with E-state index in [-0.39, 0.29) is 6.09 Å². The molecule has 1 fully saturated rings. The van der Waals surface area contributed by atoms with Crippen molar-refractivity contribution in [2.75, 3.05) is 26.7 Å². The van der Waals surface area contributed by atoms with Gasteiger partial charge < -0.3 is 9.64 Å². The number of piperidine rings is 1. The molecule has 1 saturated heterocycles. The molecule has 2 heterocycles. The van der Waals surface area contributed by atoms with Crippen molar-refractivity contribution in [2.24, 2.45) is 5.92 Å². The Morgan fingerprint density at radius 2 is 2.09 bits per heavy atom. The highest BCUT2D eigenvalue weighted by Crippen LogP contribution is 2.26. The zero-order valence-electron chi connectivity index (χ0n) is 14.5. The summed E-state index contributed by atoms with van der Waals surface area (Å²) in [6.45, 7) is 9.70. The van der Waals surface area contributed by atoms with E-state index in [4.69, 9.17) is 4.74 Å². The van der Waals surface area contributed by atoms with Crippen molar-refractivity contribution in [3.8, 4) is 0 Å². The molecule has 1 aliphatic rings. The van der Waals surface area contributed by atoms with E-state index >= 15 is 0 Å². The molecule has 130 valence electrons. The van der Waals surface area contributed by atoms with Gasteiger partial charge in [0.1, 0.15) is 5.60 Å². The zero-order chi connectivity index (χ0) is 17.0. The first-order valence-electron chi connectivity index (χ1n) is 8.13. The Kier molecular flexibility index (Phi) is 6.51. The number of carbonyl (C=O) groups excluding carboxylic acids is 1. The minimum absolute atomic E-state index is 0.220. The number of amides is 1. The first-order chi connectivity index (χ1) is 10.7. The SMILES string of the molecule is CN(CC1CCN(Cc2sccc2Br)CC1)C(=O)OC(C)(C)C. The maximum absolute atomic E-state index is 12.0. The monoisotopic (exact) mass is 402 g/mol. The Morgan fingerprint density at radius 3 is 2.61 bits per heavy atom. The van der Waals surface area contributed by atoms with Crippen LogP contribution in [0.2, 0.25) is 0 Å². The Balaban J connectivity index is 1.74. The quantitative estimate of drug-likeness (QED) is 0.737. The minimum Gasteiger partial charge on any atom is -0.444 e. The molecule has 0 radical (unpaired) electrons. The molecule has 0 spiro atoms. The molecule has 0 bridgehead atoms. The van der Waals surface area contributed by atoms with Crippen LogP contribution in [0.25, 0.3) is 0 Å². The van der Waals surface area contributed by atoms with Crippen molar-refractivity contribution in [1.29, 1.82) is 0 Å². The summed E-state index contributed by atoms with van der Waals surface area (Å²) in [5.41, 5.74) is -0.428. The summed E-state index contributed by atoms with van der Waals surface area (Å²) >= 11 is 5.41. The van der Waals surface area contributed by atoms with Gasteiger partial charge in [-0.1, -0.05) is 0 Å². The molecule has 1 aromatic rings. The summed E-state index contributed by atoms with van der Waals surface area (Å²) < 4.78 is 6.64. The van der Waals surface area contributed by atoms with Gasteiger partial charge in [-0.3, -0.25) is 4.90 Å². The van der Waals surface area contributed by atoms with E-state index < -0.39 is 5.60 Å². The smallest absolute Gasteiger partial charge is 0.410 e. The van der Waals surface area contributed by atoms with Crippen LogP contribution in [-0.4, -0.2) is 48.2 Å². The predicted octanol–water partition coefficient (Wildman–Crippen LogP) is 4.59. The molecule has 0 aromatic carbocycles. The zero-order valence-corrected chi connectivity index (χ0v) is 16.9. The lowest BCUT2D eigenvalue weighted by atomic mass is 9.96. The lowest BCUT2D eigenvalue weighted by molar-refractivity contribution is 0.0249. The summed E-state index contributed by atoms with van der Waals surface area (Å²) in [6, 6.07) is 2.11. The summed E-state index contributed by atoms with van der Waals surface area (Å²) in [4.78, 5) is 17.7. The summed E-state index contributed by atoms with van der Waals surface area (Å²) in [6.07, 6.45) is 2.05. The van der Waals surface area contributed by atoms with Crippen LogP contribution in [0.15, 0.2) is 15.9 Å². The molecule has 23 heavy (non-hydrogen) atoms. The van der Waals surface area contributed by atoms with Crippen molar-refractivity contribution >= 4 is 33.4 Å². The van der Waals surface area contributed by atoms with E-state index in [1.165, 1.54) is 9.35 Å². The molecular weight excluding hydrogens is 376 g/mol. The fourth-order valence-electron chi connectivity index (χ4n) is 2.77. The molecule has 4 nitrogen and oxygen atoms in total. The van der Waals surface area contributed by atoms with Crippen molar-refractivity contribution in [2.45, 2.75) is 45.8 Å². The van der Waals surface area contributed by atoms with Gasteiger partial charge in [-0.05, 0) is 80.0 Å². The standard InChI is InChI=1S/C17H27BrN2O2S/c1-17(2,3)22-16(21)19(4)11-13-5-8-20(9-6-13)12-15-14(18)7-10-23-15/h7,10,13H,5-6,8-9,11-12H2,1-4H3. The molecule has 2 rings (SSSR count). The molecule has 0 N–H and O–H groups in total. The van der Waals surface area contributed by atoms with Crippen LogP contribution in [0.1, 0.15) is 38.5 Å². The molecule has 0 saturated carbocycles. The second-order valence-electron chi connectivity index (χ2n) is 7.27. The van der Waals surface area contributed by atoms with Crippen LogP contribution in [0.5, 0.6) is 0 Å². The molecular formula is C17H27BrN2O2S. The van der Waals surface area contributed by atoms with Crippen LogP contribution in [0.4, 0.5) is 4.79 Å². The van der Waals surface area contributed by atoms with Crippen LogP contribution in [0.3, 0.4) is 0 Å². The van der Waals surface area contributed by atoms with Crippen molar-refractivity contribution in [1.82, 2.24) is 9.80 Å². The molecule has 0 aliphatic carbocycles. The van der Waals surface area contributed by atoms with Gasteiger partial charge in [0, 0.05) is 29.5 Å². The topological polar surface area (TPSA) is 32.8 Å². The second-order valence-corrected chi connectivity index (χ2v) is 9.13. The van der Waals surface area contributed by atoms with Gasteiger partial charge in [-0.25, -0.2) is 4.79 Å². The molecule has 0 atom stereocenters. The average Bonchev–Trinajstić information content (AvgIpc) is 2.84. The summed E-state index contributed by atoms with van der Waals surface area (Å²) in [7, 11) is 1.84. The number of thiophene rings is 1. The highest BCUT2D eigenvalue weighted by atomic mass is 79.9. The number of likely N-dealkylation sites (tertiary alicyclic amines) is 1. The normalized spacial score (nSPS) is 17.3. The number of halogens is 1. The van der Waals surface area contributed by atoms with Crippen LogP contribution < -0.4 is 0 Å². The van der Waals surface area contributed by atoms with Gasteiger partial charge in [-0.2, -0.15) is 0 Å². The van der Waals surface area contributed by atoms with Gasteiger partial charge >= 0.3 is 6.09 Å². The first kappa shape index (κ1) is 18.7. The summed E-state index contributed by atoms with van der Waals surface area (Å²) in [5.74, 6) is 0.565.